The Kier molecular flexibility index (Phi) is 3.42. The van der Waals surface area contributed by atoms with Crippen LogP contribution in [0.2, 0.25) is 0 Å². The van der Waals surface area contributed by atoms with Crippen LogP contribution in [0.3, 0.4) is 0 Å². The van der Waals surface area contributed by atoms with Crippen LogP contribution in [0.1, 0.15) is 19.5 Å². The van der Waals surface area contributed by atoms with E-state index in [1.807, 2.05) is 13.2 Å². The molecule has 0 radical (unpaired) electrons. The van der Waals surface area contributed by atoms with Crippen molar-refractivity contribution in [2.75, 3.05) is 6.54 Å². The molecule has 0 aliphatic heterocycles. The number of nitrogens with two attached hydrogens (primary N) is 1. The van der Waals surface area contributed by atoms with Gasteiger partial charge in [-0.3, -0.25) is 4.68 Å². The summed E-state index contributed by atoms with van der Waals surface area (Å²) < 4.78 is 1.73. The van der Waals surface area contributed by atoms with Crippen LogP contribution in [-0.2, 0) is 13.5 Å². The van der Waals surface area contributed by atoms with Crippen LogP contribution in [-0.4, -0.2) is 21.5 Å². The van der Waals surface area contributed by atoms with E-state index in [1.165, 1.54) is 0 Å². The molecular formula is C9H18N4. The maximum Gasteiger partial charge on any atom is 0.0829 e. The minimum absolute atomic E-state index is 0.544. The second-order valence-electron chi connectivity index (χ2n) is 3.78. The molecule has 2 N–H and O–H groups in total. The molecule has 0 saturated heterocycles. The standard InChI is InChI=1S/C9H18N4/c1-7(8(2)5-10)4-9-6-13(3)12-11-9/h6-8H,4-5,10H2,1-3H3. The molecule has 13 heavy (non-hydrogen) atoms. The van der Waals surface area contributed by atoms with Crippen LogP contribution in [0.25, 0.3) is 0 Å². The van der Waals surface area contributed by atoms with E-state index in [1.54, 1.807) is 4.68 Å². The number of aryl methyl sites for hydroxylation is 1. The predicted molar refractivity (Wildman–Crippen MR) is 52.1 cm³/mol. The highest BCUT2D eigenvalue weighted by atomic mass is 15.4. The normalized spacial score (nSPS) is 15.7. The summed E-state index contributed by atoms with van der Waals surface area (Å²) in [6.07, 6.45) is 2.92. The van der Waals surface area contributed by atoms with Gasteiger partial charge in [-0.2, -0.15) is 0 Å². The summed E-state index contributed by atoms with van der Waals surface area (Å²) in [5.74, 6) is 1.11. The molecule has 2 unspecified atom stereocenters. The van der Waals surface area contributed by atoms with Crippen LogP contribution in [0, 0.1) is 11.8 Å². The van der Waals surface area contributed by atoms with Gasteiger partial charge in [0.05, 0.1) is 5.69 Å². The molecule has 0 saturated carbocycles. The lowest BCUT2D eigenvalue weighted by Gasteiger charge is -2.16. The molecule has 4 heteroatoms. The largest absolute Gasteiger partial charge is 0.330 e. The molecule has 0 aromatic carbocycles. The Bertz CT molecular complexity index is 256. The number of hydrogen-bond acceptors (Lipinski definition) is 3. The van der Waals surface area contributed by atoms with Gasteiger partial charge in [-0.1, -0.05) is 19.1 Å². The average Bonchev–Trinajstić information content (AvgIpc) is 2.49. The molecule has 1 heterocycles. The zero-order valence-corrected chi connectivity index (χ0v) is 8.57. The summed E-state index contributed by atoms with van der Waals surface area (Å²) >= 11 is 0. The van der Waals surface area contributed by atoms with Gasteiger partial charge in [0.2, 0.25) is 0 Å². The lowest BCUT2D eigenvalue weighted by Crippen LogP contribution is -2.20. The smallest absolute Gasteiger partial charge is 0.0829 e. The average molecular weight is 182 g/mol. The van der Waals surface area contributed by atoms with Gasteiger partial charge >= 0.3 is 0 Å². The van der Waals surface area contributed by atoms with Crippen LogP contribution in [0.5, 0.6) is 0 Å². The molecular weight excluding hydrogens is 164 g/mol. The summed E-state index contributed by atoms with van der Waals surface area (Å²) in [6.45, 7) is 5.11. The Hall–Kier alpha value is -0.900. The quantitative estimate of drug-likeness (QED) is 0.741. The summed E-state index contributed by atoms with van der Waals surface area (Å²) in [4.78, 5) is 0. The lowest BCUT2D eigenvalue weighted by atomic mass is 9.92. The van der Waals surface area contributed by atoms with Gasteiger partial charge in [0, 0.05) is 13.2 Å². The van der Waals surface area contributed by atoms with E-state index in [2.05, 4.69) is 24.2 Å². The fourth-order valence-electron chi connectivity index (χ4n) is 1.25. The third-order valence-electron chi connectivity index (χ3n) is 2.52. The van der Waals surface area contributed by atoms with Gasteiger partial charge in [-0.05, 0) is 24.8 Å². The van der Waals surface area contributed by atoms with Gasteiger partial charge in [0.15, 0.2) is 0 Å². The van der Waals surface area contributed by atoms with Gasteiger partial charge in [0.1, 0.15) is 0 Å². The molecule has 0 aliphatic carbocycles. The van der Waals surface area contributed by atoms with Crippen molar-refractivity contribution in [1.29, 1.82) is 0 Å². The van der Waals surface area contributed by atoms with Gasteiger partial charge < -0.3 is 5.73 Å². The van der Waals surface area contributed by atoms with Crippen molar-refractivity contribution in [3.05, 3.63) is 11.9 Å². The monoisotopic (exact) mass is 182 g/mol. The maximum atomic E-state index is 5.59. The minimum atomic E-state index is 0.544. The van der Waals surface area contributed by atoms with E-state index in [9.17, 15) is 0 Å². The molecule has 74 valence electrons. The maximum absolute atomic E-state index is 5.59. The SMILES string of the molecule is CC(CN)C(C)Cc1cn(C)nn1. The second-order valence-corrected chi connectivity index (χ2v) is 3.78. The van der Waals surface area contributed by atoms with Crippen LogP contribution >= 0.6 is 0 Å². The van der Waals surface area contributed by atoms with Crippen molar-refractivity contribution in [2.45, 2.75) is 20.3 Å². The Morgan fingerprint density at radius 1 is 1.46 bits per heavy atom. The van der Waals surface area contributed by atoms with Gasteiger partial charge in [0.25, 0.3) is 0 Å². The first-order valence-electron chi connectivity index (χ1n) is 4.68. The Labute approximate surface area is 79.1 Å². The van der Waals surface area contributed by atoms with Crippen LogP contribution in [0.15, 0.2) is 6.20 Å². The molecule has 1 rings (SSSR count). The molecule has 1 aromatic rings. The van der Waals surface area contributed by atoms with Crippen molar-refractivity contribution in [1.82, 2.24) is 15.0 Å². The number of aromatic nitrogens is 3. The Balaban J connectivity index is 2.49. The van der Waals surface area contributed by atoms with Crippen LogP contribution in [0.4, 0.5) is 0 Å². The summed E-state index contributed by atoms with van der Waals surface area (Å²) in [5.41, 5.74) is 6.64. The molecule has 1 aromatic heterocycles. The molecule has 0 fully saturated rings. The molecule has 0 aliphatic rings. The molecule has 2 atom stereocenters. The van der Waals surface area contributed by atoms with Crippen molar-refractivity contribution >= 4 is 0 Å². The minimum Gasteiger partial charge on any atom is -0.330 e. The summed E-state index contributed by atoms with van der Waals surface area (Å²) in [5, 5.41) is 7.93. The highest BCUT2D eigenvalue weighted by Crippen LogP contribution is 2.14. The van der Waals surface area contributed by atoms with E-state index in [4.69, 9.17) is 5.73 Å². The van der Waals surface area contributed by atoms with Crippen molar-refractivity contribution in [3.63, 3.8) is 0 Å². The van der Waals surface area contributed by atoms with E-state index < -0.39 is 0 Å². The first-order chi connectivity index (χ1) is 6.13. The molecule has 0 amide bonds. The van der Waals surface area contributed by atoms with Gasteiger partial charge in [-0.15, -0.1) is 5.10 Å². The van der Waals surface area contributed by atoms with E-state index in [-0.39, 0.29) is 0 Å². The highest BCUT2D eigenvalue weighted by molar-refractivity contribution is 4.93. The first kappa shape index (κ1) is 10.2. The third kappa shape index (κ3) is 2.81. The zero-order valence-electron chi connectivity index (χ0n) is 8.57. The topological polar surface area (TPSA) is 56.7 Å². The van der Waals surface area contributed by atoms with E-state index >= 15 is 0 Å². The van der Waals surface area contributed by atoms with Crippen molar-refractivity contribution in [3.8, 4) is 0 Å². The van der Waals surface area contributed by atoms with Gasteiger partial charge in [-0.25, -0.2) is 0 Å². The second kappa shape index (κ2) is 4.37. The summed E-state index contributed by atoms with van der Waals surface area (Å²) in [6, 6.07) is 0. The molecule has 4 nitrogen and oxygen atoms in total. The first-order valence-corrected chi connectivity index (χ1v) is 4.68. The Morgan fingerprint density at radius 2 is 2.15 bits per heavy atom. The van der Waals surface area contributed by atoms with Crippen LogP contribution < -0.4 is 5.73 Å². The zero-order chi connectivity index (χ0) is 9.84. The fraction of sp³-hybridized carbons (Fsp3) is 0.778. The third-order valence-corrected chi connectivity index (χ3v) is 2.52. The lowest BCUT2D eigenvalue weighted by molar-refractivity contribution is 0.391. The van der Waals surface area contributed by atoms with E-state index in [0.29, 0.717) is 11.8 Å². The number of hydrogen-bond donors (Lipinski definition) is 1. The predicted octanol–water partition coefficient (Wildman–Crippen LogP) is 0.588. The fourth-order valence-corrected chi connectivity index (χ4v) is 1.25. The van der Waals surface area contributed by atoms with Crippen molar-refractivity contribution in [2.24, 2.45) is 24.6 Å². The highest BCUT2D eigenvalue weighted by Gasteiger charge is 2.12. The summed E-state index contributed by atoms with van der Waals surface area (Å²) in [7, 11) is 1.88. The molecule has 0 spiro atoms. The number of rotatable bonds is 4. The number of nitrogens with zero attached hydrogens (tertiary/aromatic N) is 3. The van der Waals surface area contributed by atoms with Crippen molar-refractivity contribution < 1.29 is 0 Å². The Morgan fingerprint density at radius 3 is 2.62 bits per heavy atom. The molecule has 0 bridgehead atoms. The van der Waals surface area contributed by atoms with E-state index in [0.717, 1.165) is 18.7 Å².